The molecule has 2 rings (SSSR count). The Morgan fingerprint density at radius 3 is 2.73 bits per heavy atom. The lowest BCUT2D eigenvalue weighted by molar-refractivity contribution is 0.459. The van der Waals surface area contributed by atoms with E-state index < -0.39 is 0 Å². The van der Waals surface area contributed by atoms with Gasteiger partial charge in [-0.25, -0.2) is 4.98 Å². The first-order valence-electron chi connectivity index (χ1n) is 5.44. The molecule has 1 atom stereocenters. The first-order chi connectivity index (χ1) is 7.02. The third-order valence-electron chi connectivity index (χ3n) is 3.50. The number of rotatable bonds is 0. The summed E-state index contributed by atoms with van der Waals surface area (Å²) >= 11 is 0. The number of anilines is 1. The second-order valence-corrected chi connectivity index (χ2v) is 4.47. The average Bonchev–Trinajstić information content (AvgIpc) is 2.21. The number of fused-ring (bicyclic) bond motifs is 1. The van der Waals surface area contributed by atoms with Crippen LogP contribution in [-0.4, -0.2) is 23.2 Å². The molecule has 1 unspecified atom stereocenters. The summed E-state index contributed by atoms with van der Waals surface area (Å²) in [4.78, 5) is 6.69. The van der Waals surface area contributed by atoms with Crippen molar-refractivity contribution in [2.45, 2.75) is 39.7 Å². The lowest BCUT2D eigenvalue weighted by atomic mass is 9.96. The van der Waals surface area contributed by atoms with Crippen LogP contribution in [0, 0.1) is 13.8 Å². The van der Waals surface area contributed by atoms with Gasteiger partial charge in [0.2, 0.25) is 0 Å². The molecule has 0 bridgehead atoms. The van der Waals surface area contributed by atoms with Crippen LogP contribution in [-0.2, 0) is 6.42 Å². The topological polar surface area (TPSA) is 36.4 Å². The number of pyridine rings is 1. The van der Waals surface area contributed by atoms with Crippen LogP contribution >= 0.6 is 0 Å². The molecule has 1 aromatic rings. The summed E-state index contributed by atoms with van der Waals surface area (Å²) in [5.41, 5.74) is 2.93. The van der Waals surface area contributed by atoms with Gasteiger partial charge in [0.05, 0.1) is 5.69 Å². The van der Waals surface area contributed by atoms with E-state index >= 15 is 0 Å². The van der Waals surface area contributed by atoms with E-state index in [0.717, 1.165) is 29.9 Å². The van der Waals surface area contributed by atoms with E-state index in [0.29, 0.717) is 11.8 Å². The number of aryl methyl sites for hydroxylation is 1. The molecule has 15 heavy (non-hydrogen) atoms. The van der Waals surface area contributed by atoms with Gasteiger partial charge in [0.25, 0.3) is 0 Å². The molecule has 0 saturated carbocycles. The summed E-state index contributed by atoms with van der Waals surface area (Å²) in [7, 11) is 2.07. The Hall–Kier alpha value is -1.25. The normalized spacial score (nSPS) is 20.3. The lowest BCUT2D eigenvalue weighted by Crippen LogP contribution is -2.35. The van der Waals surface area contributed by atoms with E-state index in [1.54, 1.807) is 0 Å². The molecule has 0 spiro atoms. The summed E-state index contributed by atoms with van der Waals surface area (Å²) in [5.74, 6) is 1.40. The van der Waals surface area contributed by atoms with E-state index in [1.165, 1.54) is 5.56 Å². The third-order valence-corrected chi connectivity index (χ3v) is 3.50. The molecule has 0 amide bonds. The van der Waals surface area contributed by atoms with Crippen molar-refractivity contribution >= 4 is 5.82 Å². The van der Waals surface area contributed by atoms with Crippen molar-refractivity contribution < 1.29 is 5.11 Å². The minimum absolute atomic E-state index is 0.358. The van der Waals surface area contributed by atoms with Crippen molar-refractivity contribution in [2.24, 2.45) is 0 Å². The zero-order valence-electron chi connectivity index (χ0n) is 9.83. The number of aromatic nitrogens is 1. The second kappa shape index (κ2) is 3.40. The predicted octanol–water partition coefficient (Wildman–Crippen LogP) is 2.17. The van der Waals surface area contributed by atoms with Crippen LogP contribution in [0.3, 0.4) is 0 Å². The van der Waals surface area contributed by atoms with Gasteiger partial charge in [0.1, 0.15) is 11.6 Å². The number of nitrogens with zero attached hydrogens (tertiary/aromatic N) is 2. The standard InChI is InChI=1S/C12H18N2O/c1-7-5-6-10-8(2)11(15)9(3)13-12(10)14(7)4/h7,15H,5-6H2,1-4H3. The van der Waals surface area contributed by atoms with Crippen LogP contribution < -0.4 is 4.90 Å². The molecule has 0 aliphatic carbocycles. The fourth-order valence-electron chi connectivity index (χ4n) is 2.21. The smallest absolute Gasteiger partial charge is 0.140 e. The van der Waals surface area contributed by atoms with Crippen molar-refractivity contribution in [3.8, 4) is 5.75 Å². The monoisotopic (exact) mass is 206 g/mol. The lowest BCUT2D eigenvalue weighted by Gasteiger charge is -2.34. The molecule has 0 fully saturated rings. The van der Waals surface area contributed by atoms with Crippen LogP contribution in [0.4, 0.5) is 5.82 Å². The van der Waals surface area contributed by atoms with Crippen molar-refractivity contribution in [1.29, 1.82) is 0 Å². The maximum absolute atomic E-state index is 9.83. The summed E-state index contributed by atoms with van der Waals surface area (Å²) in [5, 5.41) is 9.83. The molecular weight excluding hydrogens is 188 g/mol. The molecule has 1 aliphatic rings. The van der Waals surface area contributed by atoms with Gasteiger partial charge in [-0.3, -0.25) is 0 Å². The summed E-state index contributed by atoms with van der Waals surface area (Å²) in [6.07, 6.45) is 2.15. The summed E-state index contributed by atoms with van der Waals surface area (Å²) < 4.78 is 0. The van der Waals surface area contributed by atoms with Gasteiger partial charge in [-0.1, -0.05) is 0 Å². The Kier molecular flexibility index (Phi) is 2.33. The third kappa shape index (κ3) is 1.46. The van der Waals surface area contributed by atoms with Crippen LogP contribution in [0.1, 0.15) is 30.2 Å². The fourth-order valence-corrected chi connectivity index (χ4v) is 2.21. The number of aromatic hydroxyl groups is 1. The van der Waals surface area contributed by atoms with Crippen molar-refractivity contribution in [2.75, 3.05) is 11.9 Å². The molecular formula is C12H18N2O. The highest BCUT2D eigenvalue weighted by molar-refractivity contribution is 5.58. The maximum atomic E-state index is 9.83. The van der Waals surface area contributed by atoms with Crippen molar-refractivity contribution in [1.82, 2.24) is 4.98 Å². The molecule has 3 nitrogen and oxygen atoms in total. The van der Waals surface area contributed by atoms with E-state index in [4.69, 9.17) is 0 Å². The Labute approximate surface area is 90.8 Å². The molecule has 82 valence electrons. The maximum Gasteiger partial charge on any atom is 0.140 e. The minimum atomic E-state index is 0.358. The van der Waals surface area contributed by atoms with Gasteiger partial charge in [0.15, 0.2) is 0 Å². The Morgan fingerprint density at radius 2 is 2.07 bits per heavy atom. The number of hydrogen-bond acceptors (Lipinski definition) is 3. The largest absolute Gasteiger partial charge is 0.506 e. The molecule has 2 heterocycles. The van der Waals surface area contributed by atoms with E-state index in [1.807, 2.05) is 13.8 Å². The predicted molar refractivity (Wildman–Crippen MR) is 61.6 cm³/mol. The molecule has 1 aromatic heterocycles. The highest BCUT2D eigenvalue weighted by atomic mass is 16.3. The molecule has 1 aliphatic heterocycles. The Morgan fingerprint density at radius 1 is 1.40 bits per heavy atom. The van der Waals surface area contributed by atoms with Crippen LogP contribution in [0.5, 0.6) is 5.75 Å². The summed E-state index contributed by atoms with van der Waals surface area (Å²) in [6.45, 7) is 6.05. The number of hydrogen-bond donors (Lipinski definition) is 1. The molecule has 1 N–H and O–H groups in total. The minimum Gasteiger partial charge on any atom is -0.506 e. The zero-order chi connectivity index (χ0) is 11.2. The van der Waals surface area contributed by atoms with Gasteiger partial charge in [0, 0.05) is 18.7 Å². The molecule has 0 aromatic carbocycles. The highest BCUT2D eigenvalue weighted by Gasteiger charge is 2.24. The SMILES string of the molecule is Cc1nc2c(c(C)c1O)CCC(C)N2C. The van der Waals surface area contributed by atoms with Crippen LogP contribution in [0.25, 0.3) is 0 Å². The first kappa shape index (κ1) is 10.3. The molecule has 3 heteroatoms. The zero-order valence-corrected chi connectivity index (χ0v) is 9.83. The quantitative estimate of drug-likeness (QED) is 0.706. The second-order valence-electron chi connectivity index (χ2n) is 4.47. The van der Waals surface area contributed by atoms with Crippen molar-refractivity contribution in [3.63, 3.8) is 0 Å². The average molecular weight is 206 g/mol. The fraction of sp³-hybridized carbons (Fsp3) is 0.583. The van der Waals surface area contributed by atoms with E-state index in [2.05, 4.69) is 23.9 Å². The van der Waals surface area contributed by atoms with E-state index in [-0.39, 0.29) is 0 Å². The summed E-state index contributed by atoms with van der Waals surface area (Å²) in [6, 6.07) is 0.536. The first-order valence-corrected chi connectivity index (χ1v) is 5.44. The molecule has 0 saturated heterocycles. The van der Waals surface area contributed by atoms with Gasteiger partial charge < -0.3 is 10.0 Å². The van der Waals surface area contributed by atoms with Gasteiger partial charge in [-0.05, 0) is 39.2 Å². The van der Waals surface area contributed by atoms with Gasteiger partial charge in [-0.2, -0.15) is 0 Å². The van der Waals surface area contributed by atoms with Crippen molar-refractivity contribution in [3.05, 3.63) is 16.8 Å². The van der Waals surface area contributed by atoms with Crippen LogP contribution in [0.15, 0.2) is 0 Å². The van der Waals surface area contributed by atoms with Crippen LogP contribution in [0.2, 0.25) is 0 Å². The molecule has 0 radical (unpaired) electrons. The Balaban J connectivity index is 2.61. The van der Waals surface area contributed by atoms with E-state index in [9.17, 15) is 5.11 Å². The Bertz CT molecular complexity index is 401. The highest BCUT2D eigenvalue weighted by Crippen LogP contribution is 2.35. The van der Waals surface area contributed by atoms with Gasteiger partial charge >= 0.3 is 0 Å². The van der Waals surface area contributed by atoms with Gasteiger partial charge in [-0.15, -0.1) is 0 Å².